The van der Waals surface area contributed by atoms with Gasteiger partial charge in [0.1, 0.15) is 0 Å². The Morgan fingerprint density at radius 2 is 2.00 bits per heavy atom. The van der Waals surface area contributed by atoms with Crippen LogP contribution in [0.2, 0.25) is 0 Å². The Balaban J connectivity index is 3.62. The molecule has 5 nitrogen and oxygen atoms in total. The molecule has 0 atom stereocenters. The zero-order chi connectivity index (χ0) is 10.5. The second-order valence-electron chi connectivity index (χ2n) is 3.02. The van der Waals surface area contributed by atoms with Gasteiger partial charge in [0.2, 0.25) is 5.91 Å². The molecule has 0 rings (SSSR count). The van der Waals surface area contributed by atoms with Gasteiger partial charge in [-0.25, -0.2) is 4.72 Å². The van der Waals surface area contributed by atoms with Gasteiger partial charge in [0, 0.05) is 19.5 Å². The van der Waals surface area contributed by atoms with Crippen LogP contribution < -0.4 is 10.0 Å². The normalized spacial score (nSPS) is 13.1. The van der Waals surface area contributed by atoms with Crippen LogP contribution in [-0.4, -0.2) is 34.4 Å². The fourth-order valence-electron chi connectivity index (χ4n) is 0.623. The monoisotopic (exact) mass is 210 g/mol. The van der Waals surface area contributed by atoms with Gasteiger partial charge in [-0.3, -0.25) is 13.9 Å². The maximum atomic E-state index is 11.0. The van der Waals surface area contributed by atoms with Crippen molar-refractivity contribution in [2.24, 2.45) is 5.92 Å². The molecule has 0 saturated heterocycles. The summed E-state index contributed by atoms with van der Waals surface area (Å²) in [6, 6.07) is 0. The van der Waals surface area contributed by atoms with E-state index in [9.17, 15) is 4.79 Å². The molecule has 0 aliphatic heterocycles. The van der Waals surface area contributed by atoms with Crippen LogP contribution in [0, 0.1) is 5.92 Å². The van der Waals surface area contributed by atoms with Crippen molar-refractivity contribution in [3.63, 3.8) is 0 Å². The number of carbonyl (C=O) groups is 1. The standard InChI is InChI=1S/C7H18N2O3S/c1-6(2)7(10)9-4-5-13(11,12)8-3/h6,8,11-12H,4-5H2,1-3H3,(H,9,10). The molecule has 80 valence electrons. The minimum Gasteiger partial charge on any atom is -0.354 e. The summed E-state index contributed by atoms with van der Waals surface area (Å²) in [4.78, 5) is 11.0. The summed E-state index contributed by atoms with van der Waals surface area (Å²) < 4.78 is 20.7. The van der Waals surface area contributed by atoms with Crippen molar-refractivity contribution in [2.45, 2.75) is 13.8 Å². The highest BCUT2D eigenvalue weighted by Gasteiger charge is 2.10. The summed E-state index contributed by atoms with van der Waals surface area (Å²) in [6.07, 6.45) is 0. The lowest BCUT2D eigenvalue weighted by Crippen LogP contribution is -2.33. The van der Waals surface area contributed by atoms with Crippen LogP contribution in [0.3, 0.4) is 0 Å². The van der Waals surface area contributed by atoms with E-state index in [0.717, 1.165) is 0 Å². The van der Waals surface area contributed by atoms with E-state index >= 15 is 0 Å². The Hall–Kier alpha value is -0.300. The third-order valence-electron chi connectivity index (χ3n) is 1.54. The Labute approximate surface area is 80.4 Å². The lowest BCUT2D eigenvalue weighted by atomic mass is 10.2. The number of nitrogens with one attached hydrogen (secondary N) is 2. The Kier molecular flexibility index (Phi) is 5.31. The van der Waals surface area contributed by atoms with Gasteiger partial charge >= 0.3 is 0 Å². The highest BCUT2D eigenvalue weighted by atomic mass is 32.3. The molecule has 0 fully saturated rings. The third kappa shape index (κ3) is 5.87. The van der Waals surface area contributed by atoms with Crippen molar-refractivity contribution in [1.29, 1.82) is 0 Å². The quantitative estimate of drug-likeness (QED) is 0.537. The molecule has 0 spiro atoms. The molecule has 6 heteroatoms. The number of carbonyl (C=O) groups excluding carboxylic acids is 1. The van der Waals surface area contributed by atoms with E-state index in [2.05, 4.69) is 10.0 Å². The first-order valence-corrected chi connectivity index (χ1v) is 5.82. The Bertz CT molecular complexity index is 173. The van der Waals surface area contributed by atoms with Crippen LogP contribution in [0.15, 0.2) is 0 Å². The second-order valence-corrected chi connectivity index (χ2v) is 5.17. The molecule has 0 radical (unpaired) electrons. The molecule has 0 aromatic rings. The Morgan fingerprint density at radius 1 is 1.46 bits per heavy atom. The summed E-state index contributed by atoms with van der Waals surface area (Å²) in [5.41, 5.74) is 0. The summed E-state index contributed by atoms with van der Waals surface area (Å²) in [6.45, 7) is 3.84. The van der Waals surface area contributed by atoms with Crippen molar-refractivity contribution in [1.82, 2.24) is 10.0 Å². The van der Waals surface area contributed by atoms with Crippen molar-refractivity contribution in [2.75, 3.05) is 19.3 Å². The molecule has 13 heavy (non-hydrogen) atoms. The van der Waals surface area contributed by atoms with Crippen molar-refractivity contribution in [3.8, 4) is 0 Å². The molecule has 1 amide bonds. The van der Waals surface area contributed by atoms with Crippen LogP contribution in [0.4, 0.5) is 0 Å². The predicted octanol–water partition coefficient (Wildman–Crippen LogP) is 0.644. The molecular formula is C7H18N2O3S. The van der Waals surface area contributed by atoms with E-state index < -0.39 is 10.8 Å². The maximum absolute atomic E-state index is 11.0. The van der Waals surface area contributed by atoms with E-state index in [4.69, 9.17) is 9.11 Å². The smallest absolute Gasteiger partial charge is 0.222 e. The number of rotatable bonds is 5. The highest BCUT2D eigenvalue weighted by Crippen LogP contribution is 2.30. The fraction of sp³-hybridized carbons (Fsp3) is 0.857. The molecule has 0 aromatic heterocycles. The largest absolute Gasteiger partial charge is 0.354 e. The highest BCUT2D eigenvalue weighted by molar-refractivity contribution is 8.22. The topological polar surface area (TPSA) is 81.6 Å². The molecule has 0 unspecified atom stereocenters. The molecule has 0 saturated carbocycles. The number of hydrogen-bond acceptors (Lipinski definition) is 4. The molecule has 0 aliphatic carbocycles. The summed E-state index contributed by atoms with van der Waals surface area (Å²) in [5.74, 6) is -0.00947. The third-order valence-corrected chi connectivity index (χ3v) is 2.96. The van der Waals surface area contributed by atoms with E-state index in [0.29, 0.717) is 0 Å². The van der Waals surface area contributed by atoms with Crippen molar-refractivity contribution >= 4 is 16.7 Å². The van der Waals surface area contributed by atoms with E-state index in [1.54, 1.807) is 13.8 Å². The minimum absolute atomic E-state index is 0.0728. The SMILES string of the molecule is CNS(O)(O)CCNC(=O)C(C)C. The van der Waals surface area contributed by atoms with E-state index in [-0.39, 0.29) is 24.1 Å². The predicted molar refractivity (Wildman–Crippen MR) is 54.6 cm³/mol. The first-order chi connectivity index (χ1) is 5.89. The number of hydrogen-bond donors (Lipinski definition) is 4. The molecule has 0 aromatic carbocycles. The van der Waals surface area contributed by atoms with Crippen molar-refractivity contribution in [3.05, 3.63) is 0 Å². The van der Waals surface area contributed by atoms with Crippen molar-refractivity contribution < 1.29 is 13.9 Å². The zero-order valence-corrected chi connectivity index (χ0v) is 9.02. The molecular weight excluding hydrogens is 192 g/mol. The van der Waals surface area contributed by atoms with Gasteiger partial charge in [0.15, 0.2) is 0 Å². The zero-order valence-electron chi connectivity index (χ0n) is 8.20. The van der Waals surface area contributed by atoms with Gasteiger partial charge in [-0.1, -0.05) is 13.8 Å². The van der Waals surface area contributed by atoms with E-state index in [1.165, 1.54) is 7.05 Å². The van der Waals surface area contributed by atoms with Gasteiger partial charge in [-0.15, -0.1) is 10.8 Å². The average molecular weight is 210 g/mol. The molecule has 4 N–H and O–H groups in total. The van der Waals surface area contributed by atoms with Crippen LogP contribution in [0.25, 0.3) is 0 Å². The van der Waals surface area contributed by atoms with Gasteiger partial charge in [0.25, 0.3) is 0 Å². The number of amides is 1. The van der Waals surface area contributed by atoms with Gasteiger partial charge in [0.05, 0.1) is 5.75 Å². The van der Waals surface area contributed by atoms with Gasteiger partial charge in [-0.05, 0) is 0 Å². The second kappa shape index (κ2) is 5.43. The van der Waals surface area contributed by atoms with Crippen LogP contribution in [0.5, 0.6) is 0 Å². The molecule has 0 aliphatic rings. The van der Waals surface area contributed by atoms with Crippen LogP contribution in [0.1, 0.15) is 13.8 Å². The van der Waals surface area contributed by atoms with Crippen LogP contribution in [-0.2, 0) is 4.79 Å². The lowest BCUT2D eigenvalue weighted by Gasteiger charge is -2.31. The molecule has 0 bridgehead atoms. The molecule has 0 heterocycles. The summed E-state index contributed by atoms with van der Waals surface area (Å²) in [5, 5.41) is 2.59. The van der Waals surface area contributed by atoms with Crippen LogP contribution >= 0.6 is 10.8 Å². The lowest BCUT2D eigenvalue weighted by molar-refractivity contribution is -0.123. The van der Waals surface area contributed by atoms with E-state index in [1.807, 2.05) is 0 Å². The average Bonchev–Trinajstić information content (AvgIpc) is 2.04. The fourth-order valence-corrected chi connectivity index (χ4v) is 1.21. The summed E-state index contributed by atoms with van der Waals surface area (Å²) in [7, 11) is -1.23. The first kappa shape index (κ1) is 12.7. The first-order valence-electron chi connectivity index (χ1n) is 4.11. The summed E-state index contributed by atoms with van der Waals surface area (Å²) >= 11 is 0. The minimum atomic E-state index is -2.71. The van der Waals surface area contributed by atoms with Gasteiger partial charge in [-0.2, -0.15) is 0 Å². The van der Waals surface area contributed by atoms with Gasteiger partial charge < -0.3 is 5.32 Å². The maximum Gasteiger partial charge on any atom is 0.222 e. The Morgan fingerprint density at radius 3 is 2.38 bits per heavy atom.